The summed E-state index contributed by atoms with van der Waals surface area (Å²) in [4.78, 5) is 22.2. The van der Waals surface area contributed by atoms with Gasteiger partial charge in [0.05, 0.1) is 0 Å². The number of carbonyl (C=O) groups is 2. The van der Waals surface area contributed by atoms with Crippen LogP contribution in [0, 0.1) is 13.8 Å². The maximum Gasteiger partial charge on any atom is 0.326 e. The van der Waals surface area contributed by atoms with E-state index in [9.17, 15) is 9.59 Å². The molecule has 2 N–H and O–H groups in total. The fourth-order valence-electron chi connectivity index (χ4n) is 1.74. The molecule has 1 aromatic rings. The Kier molecular flexibility index (Phi) is 2.48. The fraction of sp³-hybridized carbons (Fsp3) is 0.167. The van der Waals surface area contributed by atoms with Gasteiger partial charge in [-0.15, -0.1) is 0 Å². The second-order valence-corrected chi connectivity index (χ2v) is 3.89. The topological polar surface area (TPSA) is 58.2 Å². The lowest BCUT2D eigenvalue weighted by Crippen LogP contribution is -2.22. The Morgan fingerprint density at radius 3 is 2.12 bits per heavy atom. The number of aryl methyl sites for hydroxylation is 2. The van der Waals surface area contributed by atoms with Crippen LogP contribution in [0.5, 0.6) is 0 Å². The highest BCUT2D eigenvalue weighted by molar-refractivity contribution is 6.13. The van der Waals surface area contributed by atoms with E-state index >= 15 is 0 Å². The van der Waals surface area contributed by atoms with Crippen LogP contribution in [0.15, 0.2) is 23.9 Å². The minimum absolute atomic E-state index is 0.287. The zero-order valence-corrected chi connectivity index (χ0v) is 9.13. The third-order valence-corrected chi connectivity index (χ3v) is 2.27. The van der Waals surface area contributed by atoms with Gasteiger partial charge >= 0.3 is 6.03 Å². The summed E-state index contributed by atoms with van der Waals surface area (Å²) in [5.74, 6) is -0.385. The van der Waals surface area contributed by atoms with Gasteiger partial charge < -0.3 is 5.32 Å². The van der Waals surface area contributed by atoms with Crippen molar-refractivity contribution in [2.45, 2.75) is 13.8 Å². The minimum atomic E-state index is -0.472. The molecule has 0 bridgehead atoms. The number of rotatable bonds is 1. The number of imide groups is 1. The van der Waals surface area contributed by atoms with Crippen LogP contribution in [0.4, 0.5) is 4.79 Å². The Morgan fingerprint density at radius 2 is 1.62 bits per heavy atom. The smallest absolute Gasteiger partial charge is 0.303 e. The summed E-state index contributed by atoms with van der Waals surface area (Å²) in [6, 6.07) is 5.49. The van der Waals surface area contributed by atoms with Crippen molar-refractivity contribution in [3.8, 4) is 0 Å². The molecule has 82 valence electrons. The largest absolute Gasteiger partial charge is 0.326 e. The highest BCUT2D eigenvalue weighted by atomic mass is 16.2. The van der Waals surface area contributed by atoms with Crippen LogP contribution >= 0.6 is 0 Å². The van der Waals surface area contributed by atoms with Crippen LogP contribution in [0.2, 0.25) is 0 Å². The van der Waals surface area contributed by atoms with Crippen LogP contribution in [0.3, 0.4) is 0 Å². The number of amides is 3. The number of nitrogens with one attached hydrogen (secondary N) is 2. The molecule has 0 aliphatic carbocycles. The van der Waals surface area contributed by atoms with E-state index in [0.29, 0.717) is 0 Å². The molecule has 1 aliphatic heterocycles. The number of hydrogen-bond donors (Lipinski definition) is 2. The summed E-state index contributed by atoms with van der Waals surface area (Å²) in [7, 11) is 0. The van der Waals surface area contributed by atoms with Gasteiger partial charge in [-0.05, 0) is 25.5 Å². The number of carbonyl (C=O) groups excluding carboxylic acids is 2. The average molecular weight is 216 g/mol. The maximum absolute atomic E-state index is 11.3. The Balaban J connectivity index is 2.36. The molecule has 1 fully saturated rings. The molecule has 1 aromatic carbocycles. The summed E-state index contributed by atoms with van der Waals surface area (Å²) in [5, 5.41) is 4.61. The summed E-state index contributed by atoms with van der Waals surface area (Å²) >= 11 is 0. The van der Waals surface area contributed by atoms with E-state index in [2.05, 4.69) is 16.7 Å². The van der Waals surface area contributed by atoms with E-state index in [-0.39, 0.29) is 11.6 Å². The predicted molar refractivity (Wildman–Crippen MR) is 60.6 cm³/mol. The van der Waals surface area contributed by atoms with Crippen molar-refractivity contribution >= 4 is 18.0 Å². The molecule has 16 heavy (non-hydrogen) atoms. The Bertz CT molecular complexity index is 483. The molecule has 0 radical (unpaired) electrons. The van der Waals surface area contributed by atoms with Crippen LogP contribution in [-0.4, -0.2) is 11.9 Å². The van der Waals surface area contributed by atoms with Crippen molar-refractivity contribution in [1.82, 2.24) is 10.6 Å². The molecule has 0 saturated carbocycles. The Labute approximate surface area is 93.3 Å². The molecule has 0 atom stereocenters. The molecular formula is C12H12N2O2. The van der Waals surface area contributed by atoms with Gasteiger partial charge in [-0.1, -0.05) is 29.3 Å². The second kappa shape index (κ2) is 3.81. The second-order valence-electron chi connectivity index (χ2n) is 3.89. The lowest BCUT2D eigenvalue weighted by atomic mass is 10.1. The first-order valence-electron chi connectivity index (χ1n) is 4.97. The Morgan fingerprint density at radius 1 is 1.00 bits per heavy atom. The number of urea groups is 1. The molecule has 0 spiro atoms. The molecule has 4 heteroatoms. The average Bonchev–Trinajstić information content (AvgIpc) is 2.43. The monoisotopic (exact) mass is 216 g/mol. The van der Waals surface area contributed by atoms with Crippen molar-refractivity contribution in [2.75, 3.05) is 0 Å². The molecule has 1 heterocycles. The van der Waals surface area contributed by atoms with Crippen molar-refractivity contribution in [3.05, 3.63) is 40.6 Å². The summed E-state index contributed by atoms with van der Waals surface area (Å²) in [5.41, 5.74) is 3.44. The Hall–Kier alpha value is -2.10. The van der Waals surface area contributed by atoms with Gasteiger partial charge in [0.2, 0.25) is 0 Å². The zero-order valence-electron chi connectivity index (χ0n) is 9.13. The van der Waals surface area contributed by atoms with Gasteiger partial charge in [0.1, 0.15) is 5.70 Å². The van der Waals surface area contributed by atoms with Crippen molar-refractivity contribution < 1.29 is 9.59 Å². The highest BCUT2D eigenvalue weighted by Crippen LogP contribution is 2.13. The molecular weight excluding hydrogens is 204 g/mol. The molecule has 3 amide bonds. The normalized spacial score (nSPS) is 17.5. The summed E-state index contributed by atoms with van der Waals surface area (Å²) in [6.45, 7) is 3.98. The summed E-state index contributed by atoms with van der Waals surface area (Å²) < 4.78 is 0. The van der Waals surface area contributed by atoms with Crippen LogP contribution in [0.25, 0.3) is 6.08 Å². The van der Waals surface area contributed by atoms with E-state index < -0.39 is 6.03 Å². The number of hydrogen-bond acceptors (Lipinski definition) is 2. The van der Waals surface area contributed by atoms with Crippen molar-refractivity contribution in [2.24, 2.45) is 0 Å². The van der Waals surface area contributed by atoms with Gasteiger partial charge in [-0.2, -0.15) is 0 Å². The lowest BCUT2D eigenvalue weighted by Gasteiger charge is -2.00. The van der Waals surface area contributed by atoms with E-state index in [1.807, 2.05) is 26.0 Å². The van der Waals surface area contributed by atoms with Crippen molar-refractivity contribution in [3.63, 3.8) is 0 Å². The SMILES string of the molecule is Cc1cc(C)cc(/C=C2/NC(=O)NC2=O)c1. The van der Waals surface area contributed by atoms with Crippen LogP contribution in [0.1, 0.15) is 16.7 Å². The highest BCUT2D eigenvalue weighted by Gasteiger charge is 2.22. The first-order chi connectivity index (χ1) is 7.54. The quantitative estimate of drug-likeness (QED) is 0.552. The van der Waals surface area contributed by atoms with E-state index in [0.717, 1.165) is 16.7 Å². The van der Waals surface area contributed by atoms with Crippen LogP contribution in [-0.2, 0) is 4.79 Å². The standard InChI is InChI=1S/C12H12N2O2/c1-7-3-8(2)5-9(4-7)6-10-11(15)14-12(16)13-10/h3-6H,1-2H3,(H2,13,14,15,16)/b10-6+. The van der Waals surface area contributed by atoms with E-state index in [1.54, 1.807) is 6.08 Å². The summed E-state index contributed by atoms with van der Waals surface area (Å²) in [6.07, 6.45) is 1.67. The van der Waals surface area contributed by atoms with Gasteiger partial charge in [-0.3, -0.25) is 10.1 Å². The molecule has 4 nitrogen and oxygen atoms in total. The van der Waals surface area contributed by atoms with Gasteiger partial charge in [0.15, 0.2) is 0 Å². The van der Waals surface area contributed by atoms with Crippen molar-refractivity contribution in [1.29, 1.82) is 0 Å². The number of benzene rings is 1. The zero-order chi connectivity index (χ0) is 11.7. The third-order valence-electron chi connectivity index (χ3n) is 2.27. The lowest BCUT2D eigenvalue weighted by molar-refractivity contribution is -0.115. The van der Waals surface area contributed by atoms with Gasteiger partial charge in [0.25, 0.3) is 5.91 Å². The molecule has 2 rings (SSSR count). The van der Waals surface area contributed by atoms with E-state index in [1.165, 1.54) is 0 Å². The molecule has 0 aromatic heterocycles. The molecule has 1 saturated heterocycles. The fourth-order valence-corrected chi connectivity index (χ4v) is 1.74. The van der Waals surface area contributed by atoms with Gasteiger partial charge in [0, 0.05) is 0 Å². The predicted octanol–water partition coefficient (Wildman–Crippen LogP) is 1.48. The van der Waals surface area contributed by atoms with Crippen LogP contribution < -0.4 is 10.6 Å². The first-order valence-corrected chi connectivity index (χ1v) is 4.97. The molecule has 1 aliphatic rings. The molecule has 0 unspecified atom stereocenters. The minimum Gasteiger partial charge on any atom is -0.303 e. The van der Waals surface area contributed by atoms with E-state index in [4.69, 9.17) is 0 Å². The first kappa shape index (κ1) is 10.4. The third kappa shape index (κ3) is 2.11. The van der Waals surface area contributed by atoms with Gasteiger partial charge in [-0.25, -0.2) is 4.79 Å². The maximum atomic E-state index is 11.3.